The number of aromatic nitrogens is 2. The molecule has 35 heavy (non-hydrogen) atoms. The Labute approximate surface area is 208 Å². The van der Waals surface area contributed by atoms with Crippen LogP contribution >= 0.6 is 0 Å². The number of carbonyl (C=O) groups excluding carboxylic acids is 1. The lowest BCUT2D eigenvalue weighted by Crippen LogP contribution is -2.08. The molecule has 5 nitrogen and oxygen atoms in total. The molecular formula is C30H35N3O2. The number of unbranched alkanes of at least 4 members (excludes halogenated alkanes) is 1. The van der Waals surface area contributed by atoms with Gasteiger partial charge in [0.25, 0.3) is 0 Å². The van der Waals surface area contributed by atoms with Crippen LogP contribution in [-0.2, 0) is 17.7 Å². The third-order valence-corrected chi connectivity index (χ3v) is 6.19. The maximum atomic E-state index is 12.4. The van der Waals surface area contributed by atoms with E-state index in [1.54, 1.807) is 0 Å². The molecule has 1 N–H and O–H groups in total. The molecule has 3 aromatic carbocycles. The van der Waals surface area contributed by atoms with E-state index in [1.165, 1.54) is 11.1 Å². The number of aryl methyl sites for hydroxylation is 1. The van der Waals surface area contributed by atoms with Crippen molar-refractivity contribution in [1.29, 1.82) is 0 Å². The van der Waals surface area contributed by atoms with Crippen molar-refractivity contribution in [3.63, 3.8) is 0 Å². The van der Waals surface area contributed by atoms with Crippen LogP contribution in [0.4, 0.5) is 5.69 Å². The number of anilines is 1. The molecule has 0 radical (unpaired) electrons. The van der Waals surface area contributed by atoms with E-state index in [0.717, 1.165) is 66.9 Å². The van der Waals surface area contributed by atoms with Gasteiger partial charge in [0.1, 0.15) is 5.82 Å². The highest BCUT2D eigenvalue weighted by Crippen LogP contribution is 2.28. The lowest BCUT2D eigenvalue weighted by Gasteiger charge is -2.14. The smallest absolute Gasteiger partial charge is 0.338 e. The summed E-state index contributed by atoms with van der Waals surface area (Å²) in [5.41, 5.74) is 7.03. The lowest BCUT2D eigenvalue weighted by molar-refractivity contribution is 0.0527. The molecule has 4 rings (SSSR count). The van der Waals surface area contributed by atoms with Crippen LogP contribution in [0.3, 0.4) is 0 Å². The van der Waals surface area contributed by atoms with E-state index in [4.69, 9.17) is 9.72 Å². The van der Waals surface area contributed by atoms with E-state index >= 15 is 0 Å². The van der Waals surface area contributed by atoms with Crippen LogP contribution < -0.4 is 5.32 Å². The van der Waals surface area contributed by atoms with Crippen molar-refractivity contribution in [1.82, 2.24) is 9.55 Å². The van der Waals surface area contributed by atoms with Crippen LogP contribution in [0, 0.1) is 0 Å². The molecule has 0 aliphatic rings. The number of fused-ring (bicyclic) bond motifs is 1. The molecule has 0 aliphatic carbocycles. The van der Waals surface area contributed by atoms with Crippen molar-refractivity contribution in [2.24, 2.45) is 0 Å². The van der Waals surface area contributed by atoms with Crippen molar-refractivity contribution >= 4 is 22.7 Å². The van der Waals surface area contributed by atoms with Gasteiger partial charge in [0.15, 0.2) is 0 Å². The number of imidazole rings is 1. The lowest BCUT2D eigenvalue weighted by atomic mass is 9.98. The first-order valence-electron chi connectivity index (χ1n) is 12.7. The van der Waals surface area contributed by atoms with Crippen molar-refractivity contribution in [3.05, 3.63) is 83.7 Å². The van der Waals surface area contributed by atoms with E-state index in [0.29, 0.717) is 12.2 Å². The van der Waals surface area contributed by atoms with Crippen LogP contribution in [0.2, 0.25) is 0 Å². The molecule has 1 heterocycles. The van der Waals surface area contributed by atoms with Crippen molar-refractivity contribution in [2.45, 2.75) is 53.0 Å². The number of benzene rings is 3. The second kappa shape index (κ2) is 11.7. The van der Waals surface area contributed by atoms with Gasteiger partial charge in [0.05, 0.1) is 28.9 Å². The Balaban J connectivity index is 1.68. The van der Waals surface area contributed by atoms with Crippen LogP contribution in [0.1, 0.15) is 61.8 Å². The number of nitrogens with one attached hydrogen (secondary N) is 1. The molecule has 0 saturated carbocycles. The summed E-state index contributed by atoms with van der Waals surface area (Å²) >= 11 is 0. The first-order chi connectivity index (χ1) is 17.2. The van der Waals surface area contributed by atoms with Gasteiger partial charge >= 0.3 is 5.97 Å². The molecule has 0 bridgehead atoms. The van der Waals surface area contributed by atoms with Crippen LogP contribution in [0.25, 0.3) is 22.2 Å². The molecule has 5 heteroatoms. The Bertz CT molecular complexity index is 1270. The van der Waals surface area contributed by atoms with Gasteiger partial charge in [-0.3, -0.25) is 0 Å². The Morgan fingerprint density at radius 2 is 1.74 bits per heavy atom. The number of nitrogens with zero attached hydrogens (tertiary/aromatic N) is 2. The first kappa shape index (κ1) is 24.5. The zero-order valence-electron chi connectivity index (χ0n) is 21.0. The largest absolute Gasteiger partial charge is 0.462 e. The van der Waals surface area contributed by atoms with E-state index < -0.39 is 0 Å². The zero-order valence-corrected chi connectivity index (χ0v) is 21.0. The van der Waals surface area contributed by atoms with Gasteiger partial charge < -0.3 is 14.6 Å². The maximum absolute atomic E-state index is 12.4. The number of esters is 1. The fraction of sp³-hybridized carbons (Fsp3) is 0.333. The maximum Gasteiger partial charge on any atom is 0.338 e. The van der Waals surface area contributed by atoms with E-state index in [1.807, 2.05) is 31.2 Å². The van der Waals surface area contributed by atoms with Gasteiger partial charge in [0, 0.05) is 19.5 Å². The summed E-state index contributed by atoms with van der Waals surface area (Å²) in [6.45, 7) is 8.27. The Morgan fingerprint density at radius 3 is 2.49 bits per heavy atom. The number of ether oxygens (including phenoxy) is 1. The zero-order chi connectivity index (χ0) is 24.6. The van der Waals surface area contributed by atoms with E-state index in [-0.39, 0.29) is 5.97 Å². The standard InChI is InChI=1S/C30H35N3O2/c1-4-7-15-28-32-27-14-10-13-26(31-20-5-2)29(27)33(28)21-22-16-18-23(19-17-22)24-11-8-9-12-25(24)30(34)35-6-3/h8-14,16-19,31H,4-7,15,20-21H2,1-3H3. The number of hydrogen-bond donors (Lipinski definition) is 1. The summed E-state index contributed by atoms with van der Waals surface area (Å²) < 4.78 is 7.62. The predicted octanol–water partition coefficient (Wildman–Crippen LogP) is 7.09. The third kappa shape index (κ3) is 5.56. The van der Waals surface area contributed by atoms with Gasteiger partial charge in [-0.1, -0.05) is 68.8 Å². The molecule has 0 saturated heterocycles. The molecule has 1 aromatic heterocycles. The van der Waals surface area contributed by atoms with Crippen molar-refractivity contribution < 1.29 is 9.53 Å². The van der Waals surface area contributed by atoms with Gasteiger partial charge in [-0.2, -0.15) is 0 Å². The quantitative estimate of drug-likeness (QED) is 0.238. The Morgan fingerprint density at radius 1 is 0.943 bits per heavy atom. The molecule has 0 aliphatic heterocycles. The van der Waals surface area contributed by atoms with E-state index in [2.05, 4.69) is 66.2 Å². The average Bonchev–Trinajstić information content (AvgIpc) is 3.24. The van der Waals surface area contributed by atoms with Crippen molar-refractivity contribution in [3.8, 4) is 11.1 Å². The highest BCUT2D eigenvalue weighted by Gasteiger charge is 2.16. The summed E-state index contributed by atoms with van der Waals surface area (Å²) in [5.74, 6) is 0.842. The molecule has 0 spiro atoms. The molecule has 0 unspecified atom stereocenters. The molecule has 0 fully saturated rings. The first-order valence-corrected chi connectivity index (χ1v) is 12.7. The van der Waals surface area contributed by atoms with Crippen LogP contribution in [0.5, 0.6) is 0 Å². The van der Waals surface area contributed by atoms with Gasteiger partial charge in [0.2, 0.25) is 0 Å². The van der Waals surface area contributed by atoms with Gasteiger partial charge in [-0.15, -0.1) is 0 Å². The molecule has 182 valence electrons. The highest BCUT2D eigenvalue weighted by atomic mass is 16.5. The summed E-state index contributed by atoms with van der Waals surface area (Å²) in [6, 6.07) is 22.4. The molecule has 4 aromatic rings. The van der Waals surface area contributed by atoms with Crippen molar-refractivity contribution in [2.75, 3.05) is 18.5 Å². The topological polar surface area (TPSA) is 56.2 Å². The minimum atomic E-state index is -0.287. The fourth-order valence-corrected chi connectivity index (χ4v) is 4.43. The summed E-state index contributed by atoms with van der Waals surface area (Å²) in [4.78, 5) is 17.4. The Kier molecular flexibility index (Phi) is 8.19. The van der Waals surface area contributed by atoms with Gasteiger partial charge in [-0.05, 0) is 54.7 Å². The number of para-hydroxylation sites is 1. The third-order valence-electron chi connectivity index (χ3n) is 6.19. The highest BCUT2D eigenvalue weighted by molar-refractivity contribution is 5.97. The number of carbonyl (C=O) groups is 1. The van der Waals surface area contributed by atoms with Crippen LogP contribution in [0.15, 0.2) is 66.7 Å². The second-order valence-electron chi connectivity index (χ2n) is 8.78. The van der Waals surface area contributed by atoms with Gasteiger partial charge in [-0.25, -0.2) is 9.78 Å². The fourth-order valence-electron chi connectivity index (χ4n) is 4.43. The number of hydrogen-bond acceptors (Lipinski definition) is 4. The molecule has 0 amide bonds. The normalized spacial score (nSPS) is 11.1. The summed E-state index contributed by atoms with van der Waals surface area (Å²) in [7, 11) is 0. The van der Waals surface area contributed by atoms with Crippen LogP contribution in [-0.4, -0.2) is 28.7 Å². The van der Waals surface area contributed by atoms with E-state index in [9.17, 15) is 4.79 Å². The Hall–Kier alpha value is -3.60. The molecular weight excluding hydrogens is 434 g/mol. The predicted molar refractivity (Wildman–Crippen MR) is 144 cm³/mol. The monoisotopic (exact) mass is 469 g/mol. The SMILES string of the molecule is CCCCc1nc2cccc(NCCC)c2n1Cc1ccc(-c2ccccc2C(=O)OCC)cc1. The second-order valence-corrected chi connectivity index (χ2v) is 8.78. The minimum Gasteiger partial charge on any atom is -0.462 e. The summed E-state index contributed by atoms with van der Waals surface area (Å²) in [5, 5.41) is 3.59. The minimum absolute atomic E-state index is 0.287. The molecule has 0 atom stereocenters. The number of rotatable bonds is 11. The summed E-state index contributed by atoms with van der Waals surface area (Å²) in [6.07, 6.45) is 4.29. The average molecular weight is 470 g/mol.